The van der Waals surface area contributed by atoms with E-state index in [4.69, 9.17) is 18.5 Å². The van der Waals surface area contributed by atoms with Gasteiger partial charge in [-0.1, -0.05) is 221 Å². The summed E-state index contributed by atoms with van der Waals surface area (Å²) >= 11 is 0. The first-order chi connectivity index (χ1) is 33.0. The number of allylic oxidation sites excluding steroid dienone is 14. The lowest BCUT2D eigenvalue weighted by atomic mass is 10.0. The van der Waals surface area contributed by atoms with Crippen molar-refractivity contribution >= 4 is 19.8 Å². The van der Waals surface area contributed by atoms with Crippen molar-refractivity contribution in [2.75, 3.05) is 47.5 Å². The van der Waals surface area contributed by atoms with E-state index >= 15 is 0 Å². The molecule has 0 fully saturated rings. The van der Waals surface area contributed by atoms with Crippen LogP contribution in [0.25, 0.3) is 0 Å². The Bertz CT molecular complexity index is 1420. The van der Waals surface area contributed by atoms with Crippen LogP contribution >= 0.6 is 7.82 Å². The molecule has 2 unspecified atom stereocenters. The van der Waals surface area contributed by atoms with E-state index in [0.717, 1.165) is 83.5 Å². The zero-order valence-corrected chi connectivity index (χ0v) is 45.2. The van der Waals surface area contributed by atoms with Crippen LogP contribution in [0.15, 0.2) is 85.1 Å². The third kappa shape index (κ3) is 52.6. The molecule has 9 nitrogen and oxygen atoms in total. The van der Waals surface area contributed by atoms with E-state index in [9.17, 15) is 19.0 Å². The zero-order chi connectivity index (χ0) is 49.9. The number of carbonyl (C=O) groups is 2. The van der Waals surface area contributed by atoms with Crippen LogP contribution in [-0.2, 0) is 32.7 Å². The summed E-state index contributed by atoms with van der Waals surface area (Å²) < 4.78 is 34.1. The van der Waals surface area contributed by atoms with Gasteiger partial charge in [-0.05, 0) is 70.6 Å². The molecule has 0 saturated carbocycles. The molecule has 0 N–H and O–H groups in total. The normalized spacial score (nSPS) is 14.0. The predicted molar refractivity (Wildman–Crippen MR) is 286 cm³/mol. The molecule has 0 aliphatic heterocycles. The van der Waals surface area contributed by atoms with E-state index in [1.807, 2.05) is 21.1 Å². The largest absolute Gasteiger partial charge is 0.756 e. The van der Waals surface area contributed by atoms with Crippen LogP contribution in [0.3, 0.4) is 0 Å². The Hall–Kier alpha value is -2.81. The SMILES string of the molecule is CC/C=C\C/C=C\C/C=C\C/C=C\C/C=C\C/C=C\C/C=C\CCCCCC(=O)OC(COC(=O)CCCCCCCCCCCCCCCCCCCCC)COP(=O)([O-])OCC[N+](C)(C)C. The first-order valence-electron chi connectivity index (χ1n) is 27.3. The maximum atomic E-state index is 12.8. The van der Waals surface area contributed by atoms with Crippen LogP contribution in [-0.4, -0.2) is 70.0 Å². The first-order valence-corrected chi connectivity index (χ1v) is 28.8. The standard InChI is InChI=1S/C58H102NO8P/c1-6-8-10-12-14-16-18-20-22-24-26-27-28-29-30-31-33-35-37-39-41-43-45-47-49-51-58(61)67-56(55-66-68(62,63)65-53-52-59(3,4)5)54-64-57(60)50-48-46-44-42-40-38-36-34-32-25-23-21-19-17-15-13-11-9-7-2/h8,10,14,16,20,22,26-27,29-30,33,35,39,41,56H,6-7,9,11-13,15,17-19,21,23-25,28,31-32,34,36-38,40,42-55H2,1-5H3/b10-8-,16-14-,22-20-,27-26-,30-29-,35-33-,41-39-. The average Bonchev–Trinajstić information content (AvgIpc) is 3.30. The number of phosphoric acid groups is 1. The van der Waals surface area contributed by atoms with Crippen LogP contribution in [0, 0.1) is 0 Å². The van der Waals surface area contributed by atoms with Crippen molar-refractivity contribution in [2.45, 2.75) is 225 Å². The van der Waals surface area contributed by atoms with Crippen LogP contribution < -0.4 is 4.89 Å². The summed E-state index contributed by atoms with van der Waals surface area (Å²) in [6.07, 6.45) is 64.8. The Kier molecular flexibility index (Phi) is 47.2. The van der Waals surface area contributed by atoms with Gasteiger partial charge in [-0.25, -0.2) is 0 Å². The smallest absolute Gasteiger partial charge is 0.306 e. The molecule has 0 aromatic rings. The molecular weight excluding hydrogens is 870 g/mol. The molecular formula is C58H102NO8P. The zero-order valence-electron chi connectivity index (χ0n) is 44.3. The lowest BCUT2D eigenvalue weighted by Crippen LogP contribution is -2.37. The highest BCUT2D eigenvalue weighted by Gasteiger charge is 2.21. The van der Waals surface area contributed by atoms with Gasteiger partial charge in [0.05, 0.1) is 27.7 Å². The number of quaternary nitrogens is 1. The van der Waals surface area contributed by atoms with Crippen LogP contribution in [0.2, 0.25) is 0 Å². The number of phosphoric ester groups is 1. The summed E-state index contributed by atoms with van der Waals surface area (Å²) in [5.74, 6) is -0.871. The number of hydrogen-bond donors (Lipinski definition) is 0. The molecule has 0 aromatic heterocycles. The van der Waals surface area contributed by atoms with Crippen molar-refractivity contribution in [3.05, 3.63) is 85.1 Å². The monoisotopic (exact) mass is 972 g/mol. The van der Waals surface area contributed by atoms with E-state index in [2.05, 4.69) is 98.9 Å². The second-order valence-electron chi connectivity index (χ2n) is 19.2. The summed E-state index contributed by atoms with van der Waals surface area (Å²) in [5, 5.41) is 0. The summed E-state index contributed by atoms with van der Waals surface area (Å²) in [7, 11) is 1.14. The highest BCUT2D eigenvalue weighted by atomic mass is 31.2. The Morgan fingerprint density at radius 2 is 0.838 bits per heavy atom. The maximum Gasteiger partial charge on any atom is 0.306 e. The van der Waals surface area contributed by atoms with Gasteiger partial charge >= 0.3 is 11.9 Å². The van der Waals surface area contributed by atoms with Gasteiger partial charge in [0.25, 0.3) is 7.82 Å². The molecule has 0 aliphatic rings. The van der Waals surface area contributed by atoms with Gasteiger partial charge in [0.1, 0.15) is 19.8 Å². The fourth-order valence-electron chi connectivity index (χ4n) is 7.22. The molecule has 10 heteroatoms. The van der Waals surface area contributed by atoms with Crippen molar-refractivity contribution < 1.29 is 42.1 Å². The van der Waals surface area contributed by atoms with E-state index in [-0.39, 0.29) is 26.1 Å². The van der Waals surface area contributed by atoms with Gasteiger partial charge in [-0.15, -0.1) is 0 Å². The van der Waals surface area contributed by atoms with Crippen molar-refractivity contribution in [1.82, 2.24) is 0 Å². The second-order valence-corrected chi connectivity index (χ2v) is 20.6. The molecule has 0 aliphatic carbocycles. The van der Waals surface area contributed by atoms with Crippen molar-refractivity contribution in [3.8, 4) is 0 Å². The molecule has 68 heavy (non-hydrogen) atoms. The number of unbranched alkanes of at least 4 members (excludes halogenated alkanes) is 21. The third-order valence-electron chi connectivity index (χ3n) is 11.4. The lowest BCUT2D eigenvalue weighted by Gasteiger charge is -2.28. The third-order valence-corrected chi connectivity index (χ3v) is 12.4. The molecule has 2 atom stereocenters. The summed E-state index contributed by atoms with van der Waals surface area (Å²) in [4.78, 5) is 37.8. The second kappa shape index (κ2) is 49.2. The van der Waals surface area contributed by atoms with Crippen LogP contribution in [0.4, 0.5) is 0 Å². The fourth-order valence-corrected chi connectivity index (χ4v) is 7.95. The first kappa shape index (κ1) is 65.2. The molecule has 0 heterocycles. The topological polar surface area (TPSA) is 111 Å². The van der Waals surface area contributed by atoms with E-state index < -0.39 is 32.5 Å². The Morgan fingerprint density at radius 3 is 1.25 bits per heavy atom. The Morgan fingerprint density at radius 1 is 0.471 bits per heavy atom. The summed E-state index contributed by atoms with van der Waals surface area (Å²) in [6, 6.07) is 0. The van der Waals surface area contributed by atoms with Gasteiger partial charge in [0, 0.05) is 12.8 Å². The maximum absolute atomic E-state index is 12.8. The quantitative estimate of drug-likeness (QED) is 0.0195. The number of rotatable bonds is 49. The molecule has 0 radical (unpaired) electrons. The minimum atomic E-state index is -4.65. The van der Waals surface area contributed by atoms with Crippen molar-refractivity contribution in [2.24, 2.45) is 0 Å². The van der Waals surface area contributed by atoms with Crippen molar-refractivity contribution in [1.29, 1.82) is 0 Å². The molecule has 0 spiro atoms. The van der Waals surface area contributed by atoms with Gasteiger partial charge in [0.2, 0.25) is 0 Å². The highest BCUT2D eigenvalue weighted by molar-refractivity contribution is 7.45. The molecule has 392 valence electrons. The number of hydrogen-bond acceptors (Lipinski definition) is 8. The van der Waals surface area contributed by atoms with Gasteiger partial charge < -0.3 is 27.9 Å². The number of esters is 2. The molecule has 0 aromatic carbocycles. The summed E-state index contributed by atoms with van der Waals surface area (Å²) in [6.45, 7) is 4.09. The van der Waals surface area contributed by atoms with E-state index in [1.54, 1.807) is 0 Å². The Balaban J connectivity index is 4.31. The predicted octanol–water partition coefficient (Wildman–Crippen LogP) is 16.1. The number of likely N-dealkylation sites (N-methyl/N-ethyl adjacent to an activating group) is 1. The van der Waals surface area contributed by atoms with E-state index in [0.29, 0.717) is 17.4 Å². The van der Waals surface area contributed by atoms with Crippen LogP contribution in [0.5, 0.6) is 0 Å². The fraction of sp³-hybridized carbons (Fsp3) is 0.724. The van der Waals surface area contributed by atoms with Gasteiger partial charge in [-0.2, -0.15) is 0 Å². The molecule has 0 saturated heterocycles. The molecule has 0 amide bonds. The van der Waals surface area contributed by atoms with Gasteiger partial charge in [0.15, 0.2) is 6.10 Å². The number of ether oxygens (including phenoxy) is 2. The summed E-state index contributed by atoms with van der Waals surface area (Å²) in [5.41, 5.74) is 0. The Labute approximate surface area is 418 Å². The van der Waals surface area contributed by atoms with Crippen molar-refractivity contribution in [3.63, 3.8) is 0 Å². The highest BCUT2D eigenvalue weighted by Crippen LogP contribution is 2.38. The number of nitrogens with zero attached hydrogens (tertiary/aromatic N) is 1. The molecule has 0 bridgehead atoms. The minimum absolute atomic E-state index is 0.0408. The average molecular weight is 972 g/mol. The van der Waals surface area contributed by atoms with E-state index in [1.165, 1.54) is 103 Å². The minimum Gasteiger partial charge on any atom is -0.756 e. The number of carbonyl (C=O) groups excluding carboxylic acids is 2. The lowest BCUT2D eigenvalue weighted by molar-refractivity contribution is -0.870. The van der Waals surface area contributed by atoms with Gasteiger partial charge in [-0.3, -0.25) is 14.2 Å². The molecule has 0 rings (SSSR count). The van der Waals surface area contributed by atoms with Crippen LogP contribution in [0.1, 0.15) is 219 Å².